The Balaban J connectivity index is 2.43. The van der Waals surface area contributed by atoms with Crippen LogP contribution in [0.25, 0.3) is 0 Å². The van der Waals surface area contributed by atoms with Gasteiger partial charge in [-0.15, -0.1) is 0 Å². The molecule has 1 nitrogen and oxygen atoms in total. The van der Waals surface area contributed by atoms with Crippen LogP contribution in [0.2, 0.25) is 0 Å². The van der Waals surface area contributed by atoms with E-state index < -0.39 is 0 Å². The molecule has 0 amide bonds. The van der Waals surface area contributed by atoms with E-state index in [1.807, 2.05) is 18.5 Å². The van der Waals surface area contributed by atoms with E-state index in [0.717, 1.165) is 6.42 Å². The van der Waals surface area contributed by atoms with Crippen molar-refractivity contribution in [3.05, 3.63) is 30.1 Å². The third kappa shape index (κ3) is 2.64. The van der Waals surface area contributed by atoms with Crippen LogP contribution in [0.3, 0.4) is 0 Å². The number of alkyl halides is 1. The highest BCUT2D eigenvalue weighted by Crippen LogP contribution is 2.01. The summed E-state index contributed by atoms with van der Waals surface area (Å²) < 4.78 is 1.23. The Morgan fingerprint density at radius 3 is 3.00 bits per heavy atom. The molecule has 0 bridgehead atoms. The van der Waals surface area contributed by atoms with Crippen molar-refractivity contribution in [3.8, 4) is 0 Å². The largest absolute Gasteiger partial charge is 0.264 e. The van der Waals surface area contributed by atoms with Crippen LogP contribution in [0, 0.1) is 0 Å². The van der Waals surface area contributed by atoms with Crippen LogP contribution in [-0.2, 0) is 6.42 Å². The molecule has 1 rings (SSSR count). The number of rotatable bonds is 3. The Morgan fingerprint density at radius 1 is 1.50 bits per heavy atom. The second-order valence-corrected chi connectivity index (χ2v) is 3.23. The number of pyridine rings is 1. The number of nitrogens with zero attached hydrogens (tertiary/aromatic N) is 1. The quantitative estimate of drug-likeness (QED) is 0.590. The Kier molecular flexibility index (Phi) is 3.72. The lowest BCUT2D eigenvalue weighted by Gasteiger charge is -1.95. The maximum Gasteiger partial charge on any atom is 0.0299 e. The SMILES string of the molecule is ICCCc1cccnc1. The van der Waals surface area contributed by atoms with Crippen molar-refractivity contribution < 1.29 is 0 Å². The number of halogens is 1. The zero-order valence-corrected chi connectivity index (χ0v) is 7.91. The van der Waals surface area contributed by atoms with E-state index in [1.165, 1.54) is 16.4 Å². The molecule has 0 saturated heterocycles. The van der Waals surface area contributed by atoms with Gasteiger partial charge in [0, 0.05) is 12.4 Å². The zero-order valence-electron chi connectivity index (χ0n) is 5.76. The number of hydrogen-bond acceptors (Lipinski definition) is 1. The van der Waals surface area contributed by atoms with Gasteiger partial charge in [-0.3, -0.25) is 4.98 Å². The lowest BCUT2D eigenvalue weighted by molar-refractivity contribution is 0.936. The summed E-state index contributed by atoms with van der Waals surface area (Å²) in [4.78, 5) is 4.04. The molecule has 0 atom stereocenters. The van der Waals surface area contributed by atoms with E-state index in [9.17, 15) is 0 Å². The number of hydrogen-bond donors (Lipinski definition) is 0. The van der Waals surface area contributed by atoms with E-state index in [1.54, 1.807) is 0 Å². The number of aromatic nitrogens is 1. The maximum absolute atomic E-state index is 4.04. The van der Waals surface area contributed by atoms with Gasteiger partial charge in [0.1, 0.15) is 0 Å². The van der Waals surface area contributed by atoms with Gasteiger partial charge in [-0.05, 0) is 28.9 Å². The molecular weight excluding hydrogens is 237 g/mol. The van der Waals surface area contributed by atoms with E-state index >= 15 is 0 Å². The fourth-order valence-electron chi connectivity index (χ4n) is 0.817. The van der Waals surface area contributed by atoms with Gasteiger partial charge in [0.15, 0.2) is 0 Å². The van der Waals surface area contributed by atoms with Crippen molar-refractivity contribution in [2.45, 2.75) is 12.8 Å². The van der Waals surface area contributed by atoms with Crippen LogP contribution in [0.5, 0.6) is 0 Å². The summed E-state index contributed by atoms with van der Waals surface area (Å²) in [6, 6.07) is 4.11. The first-order valence-corrected chi connectivity index (χ1v) is 4.91. The fourth-order valence-corrected chi connectivity index (χ4v) is 1.20. The average Bonchev–Trinajstić information content (AvgIpc) is 2.03. The van der Waals surface area contributed by atoms with Crippen LogP contribution in [0.4, 0.5) is 0 Å². The van der Waals surface area contributed by atoms with E-state index in [-0.39, 0.29) is 0 Å². The predicted molar refractivity (Wildman–Crippen MR) is 51.4 cm³/mol. The normalized spacial score (nSPS) is 9.70. The van der Waals surface area contributed by atoms with Crippen molar-refractivity contribution in [2.24, 2.45) is 0 Å². The second kappa shape index (κ2) is 4.66. The van der Waals surface area contributed by atoms with Crippen LogP contribution in [-0.4, -0.2) is 9.41 Å². The van der Waals surface area contributed by atoms with Crippen molar-refractivity contribution in [1.29, 1.82) is 0 Å². The summed E-state index contributed by atoms with van der Waals surface area (Å²) in [6.45, 7) is 0. The third-order valence-corrected chi connectivity index (χ3v) is 2.08. The van der Waals surface area contributed by atoms with Gasteiger partial charge in [0.05, 0.1) is 0 Å². The topological polar surface area (TPSA) is 12.9 Å². The summed E-state index contributed by atoms with van der Waals surface area (Å²) in [7, 11) is 0. The highest BCUT2D eigenvalue weighted by atomic mass is 127. The first-order valence-electron chi connectivity index (χ1n) is 3.38. The Labute approximate surface area is 75.0 Å². The first kappa shape index (κ1) is 7.98. The molecule has 0 fully saturated rings. The first-order chi connectivity index (χ1) is 4.93. The standard InChI is InChI=1S/C8H10IN/c9-5-1-3-8-4-2-6-10-7-8/h2,4,6-7H,1,3,5H2. The molecule has 54 valence electrons. The zero-order chi connectivity index (χ0) is 7.23. The van der Waals surface area contributed by atoms with E-state index in [4.69, 9.17) is 0 Å². The molecule has 0 aliphatic rings. The lowest BCUT2D eigenvalue weighted by Crippen LogP contribution is -1.85. The molecule has 0 saturated carbocycles. The van der Waals surface area contributed by atoms with Gasteiger partial charge in [-0.25, -0.2) is 0 Å². The summed E-state index contributed by atoms with van der Waals surface area (Å²) in [5.41, 5.74) is 1.35. The molecule has 1 aromatic heterocycles. The molecule has 2 heteroatoms. The molecule has 0 spiro atoms. The minimum atomic E-state index is 1.16. The molecule has 0 aliphatic heterocycles. The highest BCUT2D eigenvalue weighted by Gasteiger charge is 1.88. The molecule has 0 N–H and O–H groups in total. The molecule has 1 aromatic rings. The highest BCUT2D eigenvalue weighted by molar-refractivity contribution is 14.1. The van der Waals surface area contributed by atoms with Gasteiger partial charge in [0.2, 0.25) is 0 Å². The Hall–Kier alpha value is -0.120. The van der Waals surface area contributed by atoms with Gasteiger partial charge < -0.3 is 0 Å². The molecule has 10 heavy (non-hydrogen) atoms. The van der Waals surface area contributed by atoms with Gasteiger partial charge in [-0.2, -0.15) is 0 Å². The minimum Gasteiger partial charge on any atom is -0.264 e. The Morgan fingerprint density at radius 2 is 2.40 bits per heavy atom. The average molecular weight is 247 g/mol. The summed E-state index contributed by atoms with van der Waals surface area (Å²) in [6.07, 6.45) is 6.17. The molecule has 0 aliphatic carbocycles. The van der Waals surface area contributed by atoms with E-state index in [0.29, 0.717) is 0 Å². The fraction of sp³-hybridized carbons (Fsp3) is 0.375. The summed E-state index contributed by atoms with van der Waals surface area (Å²) in [5.74, 6) is 0. The van der Waals surface area contributed by atoms with Gasteiger partial charge in [0.25, 0.3) is 0 Å². The summed E-state index contributed by atoms with van der Waals surface area (Å²) >= 11 is 2.39. The molecule has 0 radical (unpaired) electrons. The van der Waals surface area contributed by atoms with Crippen molar-refractivity contribution in [3.63, 3.8) is 0 Å². The minimum absolute atomic E-state index is 1.16. The maximum atomic E-state index is 4.04. The van der Waals surface area contributed by atoms with Crippen molar-refractivity contribution >= 4 is 22.6 Å². The smallest absolute Gasteiger partial charge is 0.0299 e. The van der Waals surface area contributed by atoms with Crippen LogP contribution >= 0.6 is 22.6 Å². The lowest BCUT2D eigenvalue weighted by atomic mass is 10.2. The molecule has 0 aromatic carbocycles. The molecule has 0 unspecified atom stereocenters. The van der Waals surface area contributed by atoms with Crippen molar-refractivity contribution in [1.82, 2.24) is 4.98 Å². The monoisotopic (exact) mass is 247 g/mol. The third-order valence-electron chi connectivity index (χ3n) is 1.32. The van der Waals surface area contributed by atoms with E-state index in [2.05, 4.69) is 33.6 Å². The van der Waals surface area contributed by atoms with Crippen LogP contribution in [0.1, 0.15) is 12.0 Å². The molecule has 1 heterocycles. The molecular formula is C8H10IN. The second-order valence-electron chi connectivity index (χ2n) is 2.15. The Bertz CT molecular complexity index is 174. The van der Waals surface area contributed by atoms with Crippen LogP contribution < -0.4 is 0 Å². The number of aryl methyl sites for hydroxylation is 1. The van der Waals surface area contributed by atoms with Gasteiger partial charge in [-0.1, -0.05) is 28.7 Å². The predicted octanol–water partition coefficient (Wildman–Crippen LogP) is 2.45. The van der Waals surface area contributed by atoms with Crippen molar-refractivity contribution in [2.75, 3.05) is 4.43 Å². The summed E-state index contributed by atoms with van der Waals surface area (Å²) in [5, 5.41) is 0. The van der Waals surface area contributed by atoms with Gasteiger partial charge >= 0.3 is 0 Å². The van der Waals surface area contributed by atoms with Crippen LogP contribution in [0.15, 0.2) is 24.5 Å².